The molecule has 2 aromatic carbocycles. The molecule has 0 aromatic heterocycles. The van der Waals surface area contributed by atoms with E-state index in [4.69, 9.17) is 0 Å². The molecule has 1 saturated heterocycles. The number of amides is 1. The van der Waals surface area contributed by atoms with Crippen LogP contribution in [0.1, 0.15) is 50.8 Å². The molecule has 1 amide bonds. The van der Waals surface area contributed by atoms with E-state index in [0.717, 1.165) is 16.0 Å². The van der Waals surface area contributed by atoms with Crippen LogP contribution in [0, 0.1) is 5.41 Å². The van der Waals surface area contributed by atoms with Crippen LogP contribution in [0.15, 0.2) is 36.4 Å². The van der Waals surface area contributed by atoms with Crippen molar-refractivity contribution in [1.82, 2.24) is 10.4 Å². The molecule has 1 atom stereocenters. The third kappa shape index (κ3) is 3.30. The molecule has 0 radical (unpaired) electrons. The van der Waals surface area contributed by atoms with E-state index in [2.05, 4.69) is 5.43 Å². The van der Waals surface area contributed by atoms with E-state index in [1.54, 1.807) is 32.0 Å². The predicted molar refractivity (Wildman–Crippen MR) is 95.5 cm³/mol. The zero-order valence-corrected chi connectivity index (χ0v) is 15.3. The minimum atomic E-state index is -4.52. The molecule has 2 aromatic rings. The summed E-state index contributed by atoms with van der Waals surface area (Å²) < 4.78 is 42.3. The van der Waals surface area contributed by atoms with Crippen LogP contribution >= 0.6 is 0 Å². The Kier molecular flexibility index (Phi) is 4.51. The minimum Gasteiger partial charge on any atom is -0.287 e. The van der Waals surface area contributed by atoms with E-state index in [9.17, 15) is 18.0 Å². The largest absolute Gasteiger partial charge is 0.409 e. The predicted octanol–water partition coefficient (Wildman–Crippen LogP) is 4.94. The van der Waals surface area contributed by atoms with Gasteiger partial charge in [-0.2, -0.15) is 13.2 Å². The summed E-state index contributed by atoms with van der Waals surface area (Å²) in [6.07, 6.45) is -4.52. The Hall–Kier alpha value is -2.08. The fourth-order valence-corrected chi connectivity index (χ4v) is 3.42. The summed E-state index contributed by atoms with van der Waals surface area (Å²) in [6, 6.07) is 8.75. The van der Waals surface area contributed by atoms with Gasteiger partial charge in [0.1, 0.15) is 0 Å². The van der Waals surface area contributed by atoms with Crippen molar-refractivity contribution in [2.45, 2.75) is 45.8 Å². The number of nitrogens with one attached hydrogen (secondary N) is 1. The molecule has 26 heavy (non-hydrogen) atoms. The topological polar surface area (TPSA) is 32.3 Å². The van der Waals surface area contributed by atoms with Gasteiger partial charge >= 0.3 is 6.18 Å². The van der Waals surface area contributed by atoms with Gasteiger partial charge in [0.25, 0.3) is 0 Å². The summed E-state index contributed by atoms with van der Waals surface area (Å²) in [5.74, 6) is -0.298. The second kappa shape index (κ2) is 6.27. The normalized spacial score (nSPS) is 19.2. The Morgan fingerprint density at radius 2 is 1.81 bits per heavy atom. The molecular formula is C20H23F3N2O. The number of halogens is 3. The average Bonchev–Trinajstić information content (AvgIpc) is 2.78. The summed E-state index contributed by atoms with van der Waals surface area (Å²) >= 11 is 0. The highest BCUT2D eigenvalue weighted by atomic mass is 19.4. The van der Waals surface area contributed by atoms with Crippen LogP contribution in [-0.4, -0.2) is 23.6 Å². The maximum atomic E-state index is 14.1. The first-order valence-electron chi connectivity index (χ1n) is 8.68. The Morgan fingerprint density at radius 3 is 2.35 bits per heavy atom. The van der Waals surface area contributed by atoms with Gasteiger partial charge in [-0.1, -0.05) is 50.2 Å². The molecule has 0 spiro atoms. The molecule has 1 aliphatic rings. The number of benzene rings is 2. The summed E-state index contributed by atoms with van der Waals surface area (Å²) in [4.78, 5) is 12.1. The molecule has 0 aliphatic carbocycles. The van der Waals surface area contributed by atoms with E-state index in [1.807, 2.05) is 32.0 Å². The number of nitrogens with zero attached hydrogens (tertiary/aromatic N) is 1. The van der Waals surface area contributed by atoms with Gasteiger partial charge < -0.3 is 0 Å². The van der Waals surface area contributed by atoms with Crippen LogP contribution in [0.2, 0.25) is 0 Å². The van der Waals surface area contributed by atoms with Crippen molar-refractivity contribution in [3.8, 4) is 0 Å². The van der Waals surface area contributed by atoms with Crippen LogP contribution in [0.3, 0.4) is 0 Å². The monoisotopic (exact) mass is 364 g/mol. The highest BCUT2D eigenvalue weighted by molar-refractivity contribution is 5.87. The summed E-state index contributed by atoms with van der Waals surface area (Å²) in [5.41, 5.74) is 2.59. The SMILES string of the molecule is CC(C)c1cc(C(N2CC(C)(C)C(=O)N2)C(F)(F)F)c2ccccc2c1. The van der Waals surface area contributed by atoms with Crippen molar-refractivity contribution >= 4 is 16.7 Å². The van der Waals surface area contributed by atoms with Gasteiger partial charge in [-0.25, -0.2) is 5.01 Å². The fraction of sp³-hybridized carbons (Fsp3) is 0.450. The van der Waals surface area contributed by atoms with Gasteiger partial charge in [0.15, 0.2) is 6.04 Å². The van der Waals surface area contributed by atoms with Crippen LogP contribution < -0.4 is 5.43 Å². The number of hydrogen-bond donors (Lipinski definition) is 1. The summed E-state index contributed by atoms with van der Waals surface area (Å²) in [6.45, 7) is 7.21. The minimum absolute atomic E-state index is 0.00373. The first-order valence-corrected chi connectivity index (χ1v) is 8.68. The second-order valence-electron chi connectivity index (χ2n) is 7.88. The van der Waals surface area contributed by atoms with Crippen molar-refractivity contribution in [2.24, 2.45) is 5.41 Å². The van der Waals surface area contributed by atoms with Crippen molar-refractivity contribution in [3.63, 3.8) is 0 Å². The zero-order valence-electron chi connectivity index (χ0n) is 15.3. The van der Waals surface area contributed by atoms with E-state index in [1.165, 1.54) is 0 Å². The molecule has 1 N–H and O–H groups in total. The zero-order chi connectivity index (χ0) is 19.3. The molecule has 1 heterocycles. The fourth-order valence-electron chi connectivity index (χ4n) is 3.42. The lowest BCUT2D eigenvalue weighted by molar-refractivity contribution is -0.191. The second-order valence-corrected chi connectivity index (χ2v) is 7.88. The van der Waals surface area contributed by atoms with Crippen LogP contribution in [0.25, 0.3) is 10.8 Å². The first kappa shape index (κ1) is 18.7. The Labute approximate surface area is 151 Å². The Bertz CT molecular complexity index is 843. The van der Waals surface area contributed by atoms with Gasteiger partial charge in [-0.15, -0.1) is 0 Å². The lowest BCUT2D eigenvalue weighted by atomic mass is 9.90. The van der Waals surface area contributed by atoms with Crippen LogP contribution in [0.4, 0.5) is 13.2 Å². The molecule has 1 unspecified atom stereocenters. The Morgan fingerprint density at radius 1 is 1.15 bits per heavy atom. The van der Waals surface area contributed by atoms with Gasteiger partial charge in [-0.05, 0) is 41.7 Å². The highest BCUT2D eigenvalue weighted by Crippen LogP contribution is 2.43. The smallest absolute Gasteiger partial charge is 0.287 e. The molecule has 140 valence electrons. The van der Waals surface area contributed by atoms with Gasteiger partial charge in [0, 0.05) is 6.54 Å². The molecule has 3 rings (SSSR count). The molecule has 3 nitrogen and oxygen atoms in total. The number of rotatable bonds is 3. The molecule has 6 heteroatoms. The van der Waals surface area contributed by atoms with E-state index in [0.29, 0.717) is 5.39 Å². The summed E-state index contributed by atoms with van der Waals surface area (Å²) in [5, 5.41) is 2.36. The number of hydrazine groups is 1. The van der Waals surface area contributed by atoms with Gasteiger partial charge in [-0.3, -0.25) is 10.2 Å². The molecular weight excluding hydrogens is 341 g/mol. The lowest BCUT2D eigenvalue weighted by Crippen LogP contribution is -2.43. The Balaban J connectivity index is 2.21. The maximum absolute atomic E-state index is 14.1. The molecule has 0 saturated carbocycles. The number of fused-ring (bicyclic) bond motifs is 1. The van der Waals surface area contributed by atoms with Crippen molar-refractivity contribution < 1.29 is 18.0 Å². The third-order valence-electron chi connectivity index (χ3n) is 4.92. The quantitative estimate of drug-likeness (QED) is 0.837. The number of carbonyl (C=O) groups is 1. The molecule has 1 aliphatic heterocycles. The van der Waals surface area contributed by atoms with Crippen LogP contribution in [-0.2, 0) is 4.79 Å². The van der Waals surface area contributed by atoms with E-state index >= 15 is 0 Å². The van der Waals surface area contributed by atoms with Gasteiger partial charge in [0.05, 0.1) is 5.41 Å². The van der Waals surface area contributed by atoms with Crippen molar-refractivity contribution in [2.75, 3.05) is 6.54 Å². The molecule has 1 fully saturated rings. The van der Waals surface area contributed by atoms with E-state index in [-0.39, 0.29) is 18.0 Å². The van der Waals surface area contributed by atoms with Gasteiger partial charge in [0.2, 0.25) is 5.91 Å². The number of carbonyl (C=O) groups excluding carboxylic acids is 1. The van der Waals surface area contributed by atoms with Crippen LogP contribution in [0.5, 0.6) is 0 Å². The maximum Gasteiger partial charge on any atom is 0.409 e. The standard InChI is InChI=1S/C20H23F3N2O/c1-12(2)14-9-13-7-5-6-8-15(13)16(10-14)17(20(21,22)23)25-11-19(3,4)18(26)24-25/h5-10,12,17H,11H2,1-4H3,(H,24,26). The first-order chi connectivity index (χ1) is 12.0. The van der Waals surface area contributed by atoms with Crippen molar-refractivity contribution in [3.05, 3.63) is 47.5 Å². The summed E-state index contributed by atoms with van der Waals surface area (Å²) in [7, 11) is 0. The molecule has 0 bridgehead atoms. The van der Waals surface area contributed by atoms with Crippen molar-refractivity contribution in [1.29, 1.82) is 0 Å². The third-order valence-corrected chi connectivity index (χ3v) is 4.92. The lowest BCUT2D eigenvalue weighted by Gasteiger charge is -2.31. The number of alkyl halides is 3. The highest BCUT2D eigenvalue weighted by Gasteiger charge is 2.51. The average molecular weight is 364 g/mol. The van der Waals surface area contributed by atoms with E-state index < -0.39 is 23.5 Å². The number of hydrogen-bond acceptors (Lipinski definition) is 2.